The smallest absolute Gasteiger partial charge is 0.293 e. The maximum absolute atomic E-state index is 12.5. The van der Waals surface area contributed by atoms with Crippen molar-refractivity contribution >= 4 is 23.0 Å². The van der Waals surface area contributed by atoms with Crippen molar-refractivity contribution in [2.24, 2.45) is 0 Å². The first kappa shape index (κ1) is 18.8. The SMILES string of the molecule is CCN1CCCC1CNC(=O)c1ccc(Nc2ccccc2)c([N+](=O)[O-])c1. The molecule has 0 saturated carbocycles. The van der Waals surface area contributed by atoms with Gasteiger partial charge in [0.15, 0.2) is 0 Å². The van der Waals surface area contributed by atoms with Crippen molar-refractivity contribution in [3.05, 3.63) is 64.2 Å². The zero-order chi connectivity index (χ0) is 19.2. The highest BCUT2D eigenvalue weighted by Crippen LogP contribution is 2.28. The molecule has 1 fully saturated rings. The van der Waals surface area contributed by atoms with E-state index in [0.717, 1.165) is 31.6 Å². The molecular formula is C20H24N4O3. The summed E-state index contributed by atoms with van der Waals surface area (Å²) < 4.78 is 0. The summed E-state index contributed by atoms with van der Waals surface area (Å²) in [7, 11) is 0. The number of hydrogen-bond acceptors (Lipinski definition) is 5. The van der Waals surface area contributed by atoms with Crippen LogP contribution < -0.4 is 10.6 Å². The van der Waals surface area contributed by atoms with Gasteiger partial charge in [-0.25, -0.2) is 0 Å². The van der Waals surface area contributed by atoms with E-state index >= 15 is 0 Å². The van der Waals surface area contributed by atoms with E-state index in [-0.39, 0.29) is 11.6 Å². The number of nitrogens with zero attached hydrogens (tertiary/aromatic N) is 2. The molecule has 0 radical (unpaired) electrons. The van der Waals surface area contributed by atoms with Crippen molar-refractivity contribution in [2.45, 2.75) is 25.8 Å². The number of nitrogens with one attached hydrogen (secondary N) is 2. The molecule has 0 bridgehead atoms. The van der Waals surface area contributed by atoms with E-state index in [2.05, 4.69) is 22.5 Å². The van der Waals surface area contributed by atoms with Gasteiger partial charge in [0.2, 0.25) is 0 Å². The molecule has 2 N–H and O–H groups in total. The van der Waals surface area contributed by atoms with Crippen LogP contribution in [0.2, 0.25) is 0 Å². The molecule has 7 nitrogen and oxygen atoms in total. The van der Waals surface area contributed by atoms with Gasteiger partial charge in [-0.3, -0.25) is 19.8 Å². The minimum atomic E-state index is -0.474. The third kappa shape index (κ3) is 4.62. The predicted molar refractivity (Wildman–Crippen MR) is 105 cm³/mol. The molecule has 1 aliphatic heterocycles. The Balaban J connectivity index is 1.71. The normalized spacial score (nSPS) is 16.9. The van der Waals surface area contributed by atoms with Gasteiger partial charge in [0.25, 0.3) is 11.6 Å². The first-order valence-electron chi connectivity index (χ1n) is 9.21. The number of likely N-dealkylation sites (tertiary alicyclic amines) is 1. The average Bonchev–Trinajstić information content (AvgIpc) is 3.14. The molecule has 0 aromatic heterocycles. The lowest BCUT2D eigenvalue weighted by molar-refractivity contribution is -0.383. The van der Waals surface area contributed by atoms with E-state index in [1.54, 1.807) is 12.1 Å². The Labute approximate surface area is 158 Å². The van der Waals surface area contributed by atoms with Gasteiger partial charge in [0, 0.05) is 29.9 Å². The van der Waals surface area contributed by atoms with Gasteiger partial charge in [-0.2, -0.15) is 0 Å². The fraction of sp³-hybridized carbons (Fsp3) is 0.350. The maximum atomic E-state index is 12.5. The van der Waals surface area contributed by atoms with Crippen LogP contribution in [0, 0.1) is 10.1 Å². The van der Waals surface area contributed by atoms with E-state index in [1.807, 2.05) is 30.3 Å². The van der Waals surface area contributed by atoms with Crippen LogP contribution in [-0.4, -0.2) is 41.4 Å². The molecule has 1 unspecified atom stereocenters. The van der Waals surface area contributed by atoms with Crippen molar-refractivity contribution in [2.75, 3.05) is 25.0 Å². The second-order valence-electron chi connectivity index (χ2n) is 6.61. The molecule has 2 aromatic carbocycles. The Morgan fingerprint density at radius 2 is 2.04 bits per heavy atom. The summed E-state index contributed by atoms with van der Waals surface area (Å²) in [5, 5.41) is 17.4. The number of likely N-dealkylation sites (N-methyl/N-ethyl adjacent to an activating group) is 1. The zero-order valence-corrected chi connectivity index (χ0v) is 15.4. The summed E-state index contributed by atoms with van der Waals surface area (Å²) in [5.41, 5.74) is 1.28. The molecule has 0 aliphatic carbocycles. The minimum absolute atomic E-state index is 0.123. The van der Waals surface area contributed by atoms with Crippen LogP contribution in [0.15, 0.2) is 48.5 Å². The van der Waals surface area contributed by atoms with Crippen molar-refractivity contribution < 1.29 is 9.72 Å². The van der Waals surface area contributed by atoms with E-state index in [9.17, 15) is 14.9 Å². The summed E-state index contributed by atoms with van der Waals surface area (Å²) in [6.07, 6.45) is 2.20. The van der Waals surface area contributed by atoms with E-state index in [4.69, 9.17) is 0 Å². The second-order valence-corrected chi connectivity index (χ2v) is 6.61. The molecule has 142 valence electrons. The quantitative estimate of drug-likeness (QED) is 0.576. The number of carbonyl (C=O) groups excluding carboxylic acids is 1. The molecule has 1 atom stereocenters. The molecule has 1 aliphatic rings. The molecule has 3 rings (SSSR count). The van der Waals surface area contributed by atoms with Gasteiger partial charge in [-0.1, -0.05) is 25.1 Å². The van der Waals surface area contributed by atoms with Gasteiger partial charge in [0.1, 0.15) is 5.69 Å². The summed E-state index contributed by atoms with van der Waals surface area (Å²) in [4.78, 5) is 25.8. The monoisotopic (exact) mass is 368 g/mol. The first-order chi connectivity index (χ1) is 13.1. The van der Waals surface area contributed by atoms with Gasteiger partial charge in [-0.05, 0) is 50.2 Å². The summed E-state index contributed by atoms with van der Waals surface area (Å²) in [6, 6.07) is 14.1. The molecular weight excluding hydrogens is 344 g/mol. The van der Waals surface area contributed by atoms with Gasteiger partial charge >= 0.3 is 0 Å². The van der Waals surface area contributed by atoms with E-state index < -0.39 is 4.92 Å². The number of amides is 1. The van der Waals surface area contributed by atoms with Crippen molar-refractivity contribution in [1.29, 1.82) is 0 Å². The highest BCUT2D eigenvalue weighted by molar-refractivity contribution is 5.96. The number of para-hydroxylation sites is 1. The van der Waals surface area contributed by atoms with Crippen LogP contribution in [0.3, 0.4) is 0 Å². The highest BCUT2D eigenvalue weighted by Gasteiger charge is 2.24. The van der Waals surface area contributed by atoms with E-state index in [1.165, 1.54) is 6.07 Å². The van der Waals surface area contributed by atoms with Crippen LogP contribution in [0.5, 0.6) is 0 Å². The Morgan fingerprint density at radius 3 is 2.74 bits per heavy atom. The molecule has 1 heterocycles. The average molecular weight is 368 g/mol. The third-order valence-corrected chi connectivity index (χ3v) is 4.91. The van der Waals surface area contributed by atoms with Gasteiger partial charge in [0.05, 0.1) is 4.92 Å². The summed E-state index contributed by atoms with van der Waals surface area (Å²) >= 11 is 0. The number of rotatable bonds is 7. The largest absolute Gasteiger partial charge is 0.350 e. The van der Waals surface area contributed by atoms with Gasteiger partial charge in [-0.15, -0.1) is 0 Å². The molecule has 2 aromatic rings. The van der Waals surface area contributed by atoms with Crippen LogP contribution in [0.1, 0.15) is 30.1 Å². The Morgan fingerprint density at radius 1 is 1.26 bits per heavy atom. The number of carbonyl (C=O) groups is 1. The Bertz CT molecular complexity index is 810. The minimum Gasteiger partial charge on any atom is -0.350 e. The highest BCUT2D eigenvalue weighted by atomic mass is 16.6. The number of nitro benzene ring substituents is 1. The van der Waals surface area contributed by atoms with Crippen LogP contribution in [-0.2, 0) is 0 Å². The lowest BCUT2D eigenvalue weighted by Gasteiger charge is -2.22. The topological polar surface area (TPSA) is 87.5 Å². The number of nitro groups is 1. The fourth-order valence-corrected chi connectivity index (χ4v) is 3.46. The number of benzene rings is 2. The summed E-state index contributed by atoms with van der Waals surface area (Å²) in [5.74, 6) is -0.285. The molecule has 1 amide bonds. The van der Waals surface area contributed by atoms with Crippen molar-refractivity contribution in [3.63, 3.8) is 0 Å². The summed E-state index contributed by atoms with van der Waals surface area (Å²) in [6.45, 7) is 4.70. The molecule has 7 heteroatoms. The fourth-order valence-electron chi connectivity index (χ4n) is 3.46. The Kier molecular flexibility index (Phi) is 6.03. The third-order valence-electron chi connectivity index (χ3n) is 4.91. The van der Waals surface area contributed by atoms with Crippen LogP contribution in [0.4, 0.5) is 17.1 Å². The lowest BCUT2D eigenvalue weighted by Crippen LogP contribution is -2.40. The first-order valence-corrected chi connectivity index (χ1v) is 9.21. The number of hydrogen-bond donors (Lipinski definition) is 2. The lowest BCUT2D eigenvalue weighted by atomic mass is 10.1. The van der Waals surface area contributed by atoms with Gasteiger partial charge < -0.3 is 10.6 Å². The van der Waals surface area contributed by atoms with Crippen LogP contribution >= 0.6 is 0 Å². The Hall–Kier alpha value is -2.93. The zero-order valence-electron chi connectivity index (χ0n) is 15.4. The number of anilines is 2. The van der Waals surface area contributed by atoms with Crippen LogP contribution in [0.25, 0.3) is 0 Å². The predicted octanol–water partition coefficient (Wildman–Crippen LogP) is 3.55. The molecule has 27 heavy (non-hydrogen) atoms. The standard InChI is InChI=1S/C20H24N4O3/c1-2-23-12-6-9-17(23)14-21-20(25)15-10-11-18(19(13-15)24(26)27)22-16-7-4-3-5-8-16/h3-5,7-8,10-11,13,17,22H,2,6,9,12,14H2,1H3,(H,21,25). The maximum Gasteiger partial charge on any atom is 0.293 e. The molecule has 0 spiro atoms. The second kappa shape index (κ2) is 8.64. The van der Waals surface area contributed by atoms with Crippen molar-refractivity contribution in [3.8, 4) is 0 Å². The van der Waals surface area contributed by atoms with E-state index in [0.29, 0.717) is 23.8 Å². The molecule has 1 saturated heterocycles. The van der Waals surface area contributed by atoms with Crippen molar-refractivity contribution in [1.82, 2.24) is 10.2 Å².